The number of ether oxygens (including phenoxy) is 1. The SMILES string of the molecule is C=CC(=O)OC(C)(CCCC)C12CC3CC(CC(C3)C1)C2. The molecule has 4 rings (SSSR count). The molecular weight excluding hydrogens is 260 g/mol. The van der Waals surface area contributed by atoms with Gasteiger partial charge in [0.25, 0.3) is 0 Å². The van der Waals surface area contributed by atoms with E-state index in [4.69, 9.17) is 4.74 Å². The lowest BCUT2D eigenvalue weighted by molar-refractivity contribution is -0.202. The largest absolute Gasteiger partial charge is 0.456 e. The Kier molecular flexibility index (Phi) is 3.92. The molecule has 0 radical (unpaired) electrons. The van der Waals surface area contributed by atoms with Gasteiger partial charge in [0.05, 0.1) is 0 Å². The fraction of sp³-hybridized carbons (Fsp3) is 0.842. The van der Waals surface area contributed by atoms with Crippen molar-refractivity contribution in [2.24, 2.45) is 23.2 Å². The maximum Gasteiger partial charge on any atom is 0.330 e. The summed E-state index contributed by atoms with van der Waals surface area (Å²) in [4.78, 5) is 11.9. The van der Waals surface area contributed by atoms with Crippen LogP contribution < -0.4 is 0 Å². The normalized spacial score (nSPS) is 39.8. The van der Waals surface area contributed by atoms with Gasteiger partial charge in [0.1, 0.15) is 5.60 Å². The molecule has 4 aliphatic carbocycles. The van der Waals surface area contributed by atoms with Gasteiger partial charge in [-0.3, -0.25) is 0 Å². The molecule has 0 amide bonds. The minimum absolute atomic E-state index is 0.232. The van der Waals surface area contributed by atoms with E-state index in [-0.39, 0.29) is 17.0 Å². The zero-order valence-electron chi connectivity index (χ0n) is 13.7. The lowest BCUT2D eigenvalue weighted by Gasteiger charge is -2.62. The Bertz CT molecular complexity index is 390. The summed E-state index contributed by atoms with van der Waals surface area (Å²) in [5, 5.41) is 0. The number of carbonyl (C=O) groups is 1. The third-order valence-corrected chi connectivity index (χ3v) is 6.66. The van der Waals surface area contributed by atoms with Gasteiger partial charge in [-0.2, -0.15) is 0 Å². The van der Waals surface area contributed by atoms with Gasteiger partial charge in [0.2, 0.25) is 0 Å². The van der Waals surface area contributed by atoms with E-state index >= 15 is 0 Å². The van der Waals surface area contributed by atoms with Crippen molar-refractivity contribution in [2.45, 2.75) is 77.2 Å². The van der Waals surface area contributed by atoms with Gasteiger partial charge in [-0.1, -0.05) is 19.9 Å². The number of rotatable bonds is 6. The highest BCUT2D eigenvalue weighted by Gasteiger charge is 2.59. The molecule has 2 heteroatoms. The van der Waals surface area contributed by atoms with E-state index in [1.165, 1.54) is 44.6 Å². The number of hydrogen-bond acceptors (Lipinski definition) is 2. The van der Waals surface area contributed by atoms with Crippen LogP contribution in [-0.4, -0.2) is 11.6 Å². The average molecular weight is 290 g/mol. The van der Waals surface area contributed by atoms with Crippen LogP contribution in [-0.2, 0) is 9.53 Å². The van der Waals surface area contributed by atoms with Crippen LogP contribution in [0.3, 0.4) is 0 Å². The molecule has 0 saturated heterocycles. The molecule has 4 aliphatic rings. The van der Waals surface area contributed by atoms with Crippen molar-refractivity contribution in [1.29, 1.82) is 0 Å². The van der Waals surface area contributed by atoms with E-state index in [1.807, 2.05) is 0 Å². The van der Waals surface area contributed by atoms with Crippen molar-refractivity contribution in [2.75, 3.05) is 0 Å². The molecule has 0 N–H and O–H groups in total. The van der Waals surface area contributed by atoms with Crippen LogP contribution in [0.25, 0.3) is 0 Å². The number of esters is 1. The molecule has 118 valence electrons. The van der Waals surface area contributed by atoms with Crippen LogP contribution in [0.1, 0.15) is 71.6 Å². The van der Waals surface area contributed by atoms with Crippen molar-refractivity contribution in [3.05, 3.63) is 12.7 Å². The van der Waals surface area contributed by atoms with Gasteiger partial charge in [-0.05, 0) is 76.0 Å². The molecule has 4 fully saturated rings. The number of carbonyl (C=O) groups excluding carboxylic acids is 1. The Labute approximate surface area is 129 Å². The molecule has 0 aliphatic heterocycles. The fourth-order valence-corrected chi connectivity index (χ4v) is 5.96. The molecular formula is C19H30O2. The van der Waals surface area contributed by atoms with E-state index in [1.54, 1.807) is 0 Å². The van der Waals surface area contributed by atoms with Crippen molar-refractivity contribution >= 4 is 5.97 Å². The lowest BCUT2D eigenvalue weighted by Crippen LogP contribution is -2.58. The predicted octanol–water partition coefficient (Wildman–Crippen LogP) is 4.88. The highest BCUT2D eigenvalue weighted by Crippen LogP contribution is 2.65. The Hall–Kier alpha value is -0.790. The Balaban J connectivity index is 1.87. The molecule has 0 aromatic heterocycles. The van der Waals surface area contributed by atoms with Crippen LogP contribution in [0.5, 0.6) is 0 Å². The predicted molar refractivity (Wildman–Crippen MR) is 84.8 cm³/mol. The molecule has 4 bridgehead atoms. The molecule has 21 heavy (non-hydrogen) atoms. The van der Waals surface area contributed by atoms with Gasteiger partial charge in [0.15, 0.2) is 0 Å². The van der Waals surface area contributed by atoms with Crippen LogP contribution in [0, 0.1) is 23.2 Å². The Morgan fingerprint density at radius 2 is 1.76 bits per heavy atom. The van der Waals surface area contributed by atoms with Crippen molar-refractivity contribution < 1.29 is 9.53 Å². The van der Waals surface area contributed by atoms with Crippen molar-refractivity contribution in [3.8, 4) is 0 Å². The molecule has 0 aromatic rings. The Morgan fingerprint density at radius 1 is 1.24 bits per heavy atom. The summed E-state index contributed by atoms with van der Waals surface area (Å²) in [6, 6.07) is 0. The van der Waals surface area contributed by atoms with Gasteiger partial charge in [0, 0.05) is 11.5 Å². The number of hydrogen-bond donors (Lipinski definition) is 0. The van der Waals surface area contributed by atoms with E-state index in [2.05, 4.69) is 20.4 Å². The summed E-state index contributed by atoms with van der Waals surface area (Å²) < 4.78 is 6.02. The molecule has 4 saturated carbocycles. The summed E-state index contributed by atoms with van der Waals surface area (Å²) in [6.45, 7) is 8.03. The van der Waals surface area contributed by atoms with Gasteiger partial charge < -0.3 is 4.74 Å². The topological polar surface area (TPSA) is 26.3 Å². The second kappa shape index (κ2) is 5.44. The summed E-state index contributed by atoms with van der Waals surface area (Å²) in [5.41, 5.74) is -0.0418. The van der Waals surface area contributed by atoms with Gasteiger partial charge >= 0.3 is 5.97 Å². The highest BCUT2D eigenvalue weighted by atomic mass is 16.6. The van der Waals surface area contributed by atoms with Crippen LogP contribution in [0.4, 0.5) is 0 Å². The van der Waals surface area contributed by atoms with Crippen LogP contribution in [0.2, 0.25) is 0 Å². The molecule has 0 heterocycles. The van der Waals surface area contributed by atoms with E-state index in [0.29, 0.717) is 0 Å². The Morgan fingerprint density at radius 3 is 2.19 bits per heavy atom. The maximum atomic E-state index is 11.9. The second-order valence-corrected chi connectivity index (χ2v) is 8.16. The first kappa shape index (κ1) is 15.1. The maximum absolute atomic E-state index is 11.9. The molecule has 2 nitrogen and oxygen atoms in total. The molecule has 1 atom stereocenters. The van der Waals surface area contributed by atoms with Crippen LogP contribution in [0.15, 0.2) is 12.7 Å². The van der Waals surface area contributed by atoms with Gasteiger partial charge in [-0.25, -0.2) is 4.79 Å². The minimum Gasteiger partial charge on any atom is -0.456 e. The van der Waals surface area contributed by atoms with Crippen molar-refractivity contribution in [3.63, 3.8) is 0 Å². The number of unbranched alkanes of at least 4 members (excludes halogenated alkanes) is 1. The summed E-state index contributed by atoms with van der Waals surface area (Å²) in [7, 11) is 0. The standard InChI is InChI=1S/C19H30O2/c1-4-6-7-18(3,21-17(20)5-2)19-11-14-8-15(12-19)10-16(9-14)13-19/h5,14-16H,2,4,6-13H2,1,3H3. The van der Waals surface area contributed by atoms with E-state index < -0.39 is 0 Å². The molecule has 1 unspecified atom stereocenters. The third kappa shape index (κ3) is 2.55. The fourth-order valence-electron chi connectivity index (χ4n) is 5.96. The highest BCUT2D eigenvalue weighted by molar-refractivity contribution is 5.81. The molecule has 0 aromatic carbocycles. The first-order chi connectivity index (χ1) is 10.0. The van der Waals surface area contributed by atoms with E-state index in [0.717, 1.165) is 37.0 Å². The quantitative estimate of drug-likeness (QED) is 0.515. The summed E-state index contributed by atoms with van der Waals surface area (Å²) in [5.74, 6) is 2.43. The van der Waals surface area contributed by atoms with E-state index in [9.17, 15) is 4.79 Å². The first-order valence-corrected chi connectivity index (χ1v) is 8.85. The van der Waals surface area contributed by atoms with Crippen LogP contribution >= 0.6 is 0 Å². The minimum atomic E-state index is -0.287. The van der Waals surface area contributed by atoms with Gasteiger partial charge in [-0.15, -0.1) is 0 Å². The summed E-state index contributed by atoms with van der Waals surface area (Å²) in [6.07, 6.45) is 12.8. The zero-order chi connectivity index (χ0) is 15.1. The zero-order valence-corrected chi connectivity index (χ0v) is 13.7. The third-order valence-electron chi connectivity index (χ3n) is 6.66. The monoisotopic (exact) mass is 290 g/mol. The van der Waals surface area contributed by atoms with Crippen molar-refractivity contribution in [1.82, 2.24) is 0 Å². The molecule has 0 spiro atoms. The average Bonchev–Trinajstić information content (AvgIpc) is 2.43. The first-order valence-electron chi connectivity index (χ1n) is 8.85. The summed E-state index contributed by atoms with van der Waals surface area (Å²) >= 11 is 0. The smallest absolute Gasteiger partial charge is 0.330 e. The lowest BCUT2D eigenvalue weighted by atomic mass is 9.45. The second-order valence-electron chi connectivity index (χ2n) is 8.16.